The van der Waals surface area contributed by atoms with E-state index in [2.05, 4.69) is 19.3 Å². The van der Waals surface area contributed by atoms with Crippen LogP contribution < -0.4 is 16.0 Å². The van der Waals surface area contributed by atoms with Crippen molar-refractivity contribution >= 4 is 11.9 Å². The van der Waals surface area contributed by atoms with Gasteiger partial charge in [0.05, 0.1) is 20.1 Å². The number of nitrogens with one attached hydrogen (secondary N) is 2. The maximum absolute atomic E-state index is 11.8. The third kappa shape index (κ3) is 7.22. The number of rotatable bonds is 9. The predicted molar refractivity (Wildman–Crippen MR) is 85.6 cm³/mol. The van der Waals surface area contributed by atoms with Crippen LogP contribution >= 0.6 is 0 Å². The zero-order valence-corrected chi connectivity index (χ0v) is 13.9. The van der Waals surface area contributed by atoms with E-state index in [1.165, 1.54) is 19.5 Å². The van der Waals surface area contributed by atoms with Crippen molar-refractivity contribution in [3.05, 3.63) is 0 Å². The van der Waals surface area contributed by atoms with Gasteiger partial charge < -0.3 is 21.1 Å². The van der Waals surface area contributed by atoms with Gasteiger partial charge in [0.1, 0.15) is 6.04 Å². The monoisotopic (exact) mass is 314 g/mol. The van der Waals surface area contributed by atoms with E-state index in [1.54, 1.807) is 4.90 Å². The van der Waals surface area contributed by atoms with Gasteiger partial charge in [0.2, 0.25) is 5.91 Å². The van der Waals surface area contributed by atoms with Gasteiger partial charge in [-0.05, 0) is 38.0 Å². The average molecular weight is 314 g/mol. The smallest absolute Gasteiger partial charge is 0.320 e. The Labute approximate surface area is 133 Å². The first-order chi connectivity index (χ1) is 10.4. The molecular weight excluding hydrogens is 282 g/mol. The molecule has 6 heteroatoms. The molecule has 4 atom stereocenters. The summed E-state index contributed by atoms with van der Waals surface area (Å²) in [5.74, 6) is 0.512. The van der Waals surface area contributed by atoms with Crippen LogP contribution in [-0.4, -0.2) is 49.7 Å². The van der Waals surface area contributed by atoms with Crippen LogP contribution in [0, 0.1) is 11.8 Å². The lowest BCUT2D eigenvalue weighted by atomic mass is 9.84. The highest BCUT2D eigenvalue weighted by molar-refractivity contribution is 5.75. The Kier molecular flexibility index (Phi) is 8.42. The minimum Gasteiger partial charge on any atom is -0.480 e. The first-order valence-electron chi connectivity index (χ1n) is 8.46. The zero-order chi connectivity index (χ0) is 16.5. The van der Waals surface area contributed by atoms with Crippen LogP contribution in [0.3, 0.4) is 0 Å². The average Bonchev–Trinajstić information content (AvgIpc) is 2.47. The van der Waals surface area contributed by atoms with E-state index < -0.39 is 12.0 Å². The fourth-order valence-corrected chi connectivity index (χ4v) is 3.09. The van der Waals surface area contributed by atoms with Crippen molar-refractivity contribution < 1.29 is 19.6 Å². The Balaban J connectivity index is 2.07. The summed E-state index contributed by atoms with van der Waals surface area (Å²) in [6.45, 7) is 5.31. The van der Waals surface area contributed by atoms with Gasteiger partial charge in [-0.25, -0.2) is 0 Å². The largest absolute Gasteiger partial charge is 0.480 e. The molecule has 0 saturated carbocycles. The Hall–Kier alpha value is -1.14. The summed E-state index contributed by atoms with van der Waals surface area (Å²) in [5, 5.41) is 11.6. The highest BCUT2D eigenvalue weighted by atomic mass is 16.4. The maximum atomic E-state index is 11.8. The van der Waals surface area contributed by atoms with Crippen molar-refractivity contribution in [1.29, 1.82) is 0 Å². The van der Waals surface area contributed by atoms with Crippen LogP contribution in [0.1, 0.15) is 45.4 Å². The summed E-state index contributed by atoms with van der Waals surface area (Å²) >= 11 is 0. The first kappa shape index (κ1) is 18.9. The molecule has 0 spiro atoms. The third-order valence-corrected chi connectivity index (χ3v) is 4.77. The quantitative estimate of drug-likeness (QED) is 0.437. The number of aliphatic carboxylic acids is 1. The van der Waals surface area contributed by atoms with Gasteiger partial charge in [-0.15, -0.1) is 0 Å². The van der Waals surface area contributed by atoms with Crippen molar-refractivity contribution in [2.75, 3.05) is 26.7 Å². The topological polar surface area (TPSA) is 96.9 Å². The Morgan fingerprint density at radius 3 is 2.82 bits per heavy atom. The number of likely N-dealkylation sites (tertiary alicyclic amines) is 1. The second-order valence-corrected chi connectivity index (χ2v) is 6.77. The summed E-state index contributed by atoms with van der Waals surface area (Å²) in [6.07, 6.45) is 4.77. The molecule has 0 radical (unpaired) electrons. The van der Waals surface area contributed by atoms with Crippen LogP contribution in [0.5, 0.6) is 0 Å². The second-order valence-electron chi connectivity index (χ2n) is 6.77. The normalized spacial score (nSPS) is 26.4. The van der Waals surface area contributed by atoms with Gasteiger partial charge in [-0.2, -0.15) is 0 Å². The summed E-state index contributed by atoms with van der Waals surface area (Å²) in [5.41, 5.74) is 5.42. The number of unbranched alkanes of at least 4 members (excludes halogenated alkanes) is 1. The lowest BCUT2D eigenvalue weighted by molar-refractivity contribution is -0.890. The summed E-state index contributed by atoms with van der Waals surface area (Å²) in [4.78, 5) is 24.0. The summed E-state index contributed by atoms with van der Waals surface area (Å²) in [7, 11) is 2.22. The van der Waals surface area contributed by atoms with Crippen LogP contribution in [-0.2, 0) is 9.59 Å². The fourth-order valence-electron chi connectivity index (χ4n) is 3.09. The third-order valence-electron chi connectivity index (χ3n) is 4.77. The van der Waals surface area contributed by atoms with E-state index >= 15 is 0 Å². The van der Waals surface area contributed by atoms with Crippen LogP contribution in [0.25, 0.3) is 0 Å². The molecule has 6 nitrogen and oxygen atoms in total. The first-order valence-corrected chi connectivity index (χ1v) is 8.46. The molecule has 4 unspecified atom stereocenters. The van der Waals surface area contributed by atoms with E-state index in [4.69, 9.17) is 10.8 Å². The minimum absolute atomic E-state index is 0.109. The van der Waals surface area contributed by atoms with Crippen molar-refractivity contribution in [3.63, 3.8) is 0 Å². The minimum atomic E-state index is -0.960. The molecule has 22 heavy (non-hydrogen) atoms. The number of hydrogen-bond acceptors (Lipinski definition) is 3. The maximum Gasteiger partial charge on any atom is 0.320 e. The molecule has 1 saturated heterocycles. The Morgan fingerprint density at radius 1 is 1.41 bits per heavy atom. The second kappa shape index (κ2) is 9.79. The Morgan fingerprint density at radius 2 is 2.14 bits per heavy atom. The van der Waals surface area contributed by atoms with Crippen LogP contribution in [0.15, 0.2) is 0 Å². The number of amides is 1. The molecular formula is C16H32N3O3+. The van der Waals surface area contributed by atoms with Crippen molar-refractivity contribution in [2.45, 2.75) is 51.5 Å². The number of quaternary nitrogens is 1. The lowest BCUT2D eigenvalue weighted by Crippen LogP contribution is -3.11. The van der Waals surface area contributed by atoms with Gasteiger partial charge in [-0.1, -0.05) is 6.92 Å². The van der Waals surface area contributed by atoms with E-state index in [1.807, 2.05) is 0 Å². The highest BCUT2D eigenvalue weighted by Gasteiger charge is 2.27. The molecule has 0 aliphatic carbocycles. The standard InChI is InChI=1S/C16H31N3O3/c1-12-8-10-19(2)11-13(12)6-7-15(20)18-9-4-3-5-14(17)16(21)22/h12-14H,3-11,17H2,1-2H3,(H,18,20)(H,21,22)/p+1. The van der Waals surface area contributed by atoms with Crippen molar-refractivity contribution in [3.8, 4) is 0 Å². The molecule has 1 rings (SSSR count). The molecule has 0 aromatic carbocycles. The van der Waals surface area contributed by atoms with E-state index in [0.29, 0.717) is 31.2 Å². The SMILES string of the molecule is CC1CC[NH+](C)CC1CCC(=O)NCCCCC(N)C(=O)O. The van der Waals surface area contributed by atoms with E-state index in [0.717, 1.165) is 19.3 Å². The van der Waals surface area contributed by atoms with Gasteiger partial charge in [0, 0.05) is 18.9 Å². The Bertz CT molecular complexity index is 363. The molecule has 0 aromatic rings. The number of carbonyl (C=O) groups excluding carboxylic acids is 1. The fraction of sp³-hybridized carbons (Fsp3) is 0.875. The number of carboxylic acids is 1. The molecule has 1 amide bonds. The number of hydrogen-bond donors (Lipinski definition) is 4. The molecule has 1 heterocycles. The molecule has 1 aliphatic rings. The molecule has 5 N–H and O–H groups in total. The predicted octanol–water partition coefficient (Wildman–Crippen LogP) is -0.364. The van der Waals surface area contributed by atoms with Crippen LogP contribution in [0.4, 0.5) is 0 Å². The molecule has 0 bridgehead atoms. The molecule has 1 fully saturated rings. The van der Waals surface area contributed by atoms with E-state index in [9.17, 15) is 9.59 Å². The lowest BCUT2D eigenvalue weighted by Gasteiger charge is -2.32. The van der Waals surface area contributed by atoms with Gasteiger partial charge in [-0.3, -0.25) is 9.59 Å². The highest BCUT2D eigenvalue weighted by Crippen LogP contribution is 2.20. The van der Waals surface area contributed by atoms with Gasteiger partial charge in [0.25, 0.3) is 0 Å². The van der Waals surface area contributed by atoms with Gasteiger partial charge >= 0.3 is 5.97 Å². The van der Waals surface area contributed by atoms with Crippen molar-refractivity contribution in [1.82, 2.24) is 5.32 Å². The van der Waals surface area contributed by atoms with Gasteiger partial charge in [0.15, 0.2) is 0 Å². The number of nitrogens with two attached hydrogens (primary N) is 1. The summed E-state index contributed by atoms with van der Waals surface area (Å²) < 4.78 is 0. The molecule has 128 valence electrons. The summed E-state index contributed by atoms with van der Waals surface area (Å²) in [6, 6.07) is -0.789. The van der Waals surface area contributed by atoms with Crippen LogP contribution in [0.2, 0.25) is 0 Å². The number of piperidine rings is 1. The van der Waals surface area contributed by atoms with E-state index in [-0.39, 0.29) is 5.91 Å². The zero-order valence-electron chi connectivity index (χ0n) is 13.9. The number of carbonyl (C=O) groups is 2. The molecule has 1 aliphatic heterocycles. The number of carboxylic acid groups (broad SMARTS) is 1. The molecule has 0 aromatic heterocycles. The van der Waals surface area contributed by atoms with Crippen molar-refractivity contribution in [2.24, 2.45) is 17.6 Å².